The lowest BCUT2D eigenvalue weighted by Gasteiger charge is -2.26. The molecule has 0 fully saturated rings. The summed E-state index contributed by atoms with van der Waals surface area (Å²) in [6.07, 6.45) is 1.71. The monoisotopic (exact) mass is 284 g/mol. The van der Waals surface area contributed by atoms with Crippen molar-refractivity contribution in [3.8, 4) is 0 Å². The van der Waals surface area contributed by atoms with Crippen molar-refractivity contribution in [3.05, 3.63) is 16.5 Å². The van der Waals surface area contributed by atoms with Crippen molar-refractivity contribution in [1.29, 1.82) is 0 Å². The van der Waals surface area contributed by atoms with E-state index in [1.54, 1.807) is 6.92 Å². The number of carbonyl (C=O) groups is 1. The Hall–Kier alpha value is -1.20. The zero-order valence-corrected chi connectivity index (χ0v) is 12.7. The van der Waals surface area contributed by atoms with E-state index in [0.29, 0.717) is 17.2 Å². The quantitative estimate of drug-likeness (QED) is 0.566. The number of aromatic nitrogens is 2. The Morgan fingerprint density at radius 2 is 1.89 bits per heavy atom. The molecule has 19 heavy (non-hydrogen) atoms. The molecule has 0 atom stereocenters. The summed E-state index contributed by atoms with van der Waals surface area (Å²) >= 11 is 6.02. The molecule has 0 saturated carbocycles. The van der Waals surface area contributed by atoms with E-state index in [-0.39, 0.29) is 5.15 Å². The topological polar surface area (TPSA) is 49.3 Å². The van der Waals surface area contributed by atoms with Crippen LogP contribution in [0.2, 0.25) is 5.15 Å². The number of hydrogen-bond donors (Lipinski definition) is 0. The number of likely N-dealkylation sites (N-methyl/N-ethyl adjacent to an activating group) is 1. The van der Waals surface area contributed by atoms with Crippen LogP contribution in [0.1, 0.15) is 29.5 Å². The molecule has 6 heteroatoms. The van der Waals surface area contributed by atoms with Crippen LogP contribution in [0.3, 0.4) is 0 Å². The van der Waals surface area contributed by atoms with Crippen LogP contribution in [0.4, 0.5) is 5.82 Å². The van der Waals surface area contributed by atoms with Gasteiger partial charge < -0.3 is 9.80 Å². The second-order valence-electron chi connectivity index (χ2n) is 4.71. The fraction of sp³-hybridized carbons (Fsp3) is 0.615. The van der Waals surface area contributed by atoms with E-state index < -0.39 is 0 Å². The van der Waals surface area contributed by atoms with E-state index in [4.69, 9.17) is 11.6 Å². The third-order valence-electron chi connectivity index (χ3n) is 2.72. The maximum atomic E-state index is 11.2. The van der Waals surface area contributed by atoms with Gasteiger partial charge >= 0.3 is 0 Å². The van der Waals surface area contributed by atoms with Gasteiger partial charge in [0.05, 0.1) is 5.56 Å². The summed E-state index contributed by atoms with van der Waals surface area (Å²) in [6, 6.07) is 0. The maximum absolute atomic E-state index is 11.2. The number of hydrogen-bond acceptors (Lipinski definition) is 5. The molecule has 0 bridgehead atoms. The largest absolute Gasteiger partial charge is 0.355 e. The van der Waals surface area contributed by atoms with E-state index in [1.807, 2.05) is 14.1 Å². The normalized spacial score (nSPS) is 10.8. The summed E-state index contributed by atoms with van der Waals surface area (Å²) in [5.41, 5.74) is 0.375. The van der Waals surface area contributed by atoms with Gasteiger partial charge in [-0.15, -0.1) is 0 Å². The second kappa shape index (κ2) is 7.40. The average molecular weight is 285 g/mol. The van der Waals surface area contributed by atoms with Crippen LogP contribution < -0.4 is 4.90 Å². The highest BCUT2D eigenvalue weighted by atomic mass is 35.5. The van der Waals surface area contributed by atoms with Gasteiger partial charge in [0.2, 0.25) is 0 Å². The molecular formula is C13H21ClN4O. The molecule has 5 nitrogen and oxygen atoms in total. The molecule has 1 aromatic heterocycles. The summed E-state index contributed by atoms with van der Waals surface area (Å²) in [5, 5.41) is 0.225. The zero-order chi connectivity index (χ0) is 14.4. The second-order valence-corrected chi connectivity index (χ2v) is 5.07. The van der Waals surface area contributed by atoms with Gasteiger partial charge in [-0.05, 0) is 27.4 Å². The van der Waals surface area contributed by atoms with Gasteiger partial charge in [-0.1, -0.05) is 18.5 Å². The van der Waals surface area contributed by atoms with E-state index in [9.17, 15) is 4.79 Å². The third kappa shape index (κ3) is 4.44. The molecule has 1 heterocycles. The van der Waals surface area contributed by atoms with Crippen LogP contribution in [-0.4, -0.2) is 54.9 Å². The number of rotatable bonds is 7. The number of anilines is 1. The van der Waals surface area contributed by atoms with Gasteiger partial charge in [0.25, 0.3) is 0 Å². The molecule has 0 aromatic carbocycles. The SMILES string of the molecule is CCCN(CCN(C)C)c1nc(C)nc(Cl)c1C=O. The Morgan fingerprint density at radius 1 is 1.21 bits per heavy atom. The predicted molar refractivity (Wildman–Crippen MR) is 78.2 cm³/mol. The van der Waals surface area contributed by atoms with E-state index >= 15 is 0 Å². The van der Waals surface area contributed by atoms with Crippen molar-refractivity contribution < 1.29 is 4.79 Å². The first kappa shape index (κ1) is 15.9. The minimum atomic E-state index is 0.225. The van der Waals surface area contributed by atoms with Crippen molar-refractivity contribution in [3.63, 3.8) is 0 Å². The van der Waals surface area contributed by atoms with Crippen LogP contribution in [0.15, 0.2) is 0 Å². The first-order valence-electron chi connectivity index (χ1n) is 6.38. The predicted octanol–water partition coefficient (Wildman–Crippen LogP) is 2.03. The molecule has 0 aliphatic carbocycles. The highest BCUT2D eigenvalue weighted by Crippen LogP contribution is 2.22. The molecule has 1 aromatic rings. The Balaban J connectivity index is 3.09. The lowest BCUT2D eigenvalue weighted by atomic mass is 10.2. The van der Waals surface area contributed by atoms with Crippen molar-refractivity contribution in [1.82, 2.24) is 14.9 Å². The molecule has 0 N–H and O–H groups in total. The Kier molecular flexibility index (Phi) is 6.18. The number of carbonyl (C=O) groups excluding carboxylic acids is 1. The molecule has 0 saturated heterocycles. The van der Waals surface area contributed by atoms with Crippen molar-refractivity contribution in [2.24, 2.45) is 0 Å². The molecule has 1 rings (SSSR count). The van der Waals surface area contributed by atoms with Gasteiger partial charge in [-0.3, -0.25) is 4.79 Å². The lowest BCUT2D eigenvalue weighted by molar-refractivity contribution is 0.112. The van der Waals surface area contributed by atoms with Crippen molar-refractivity contribution in [2.45, 2.75) is 20.3 Å². The average Bonchev–Trinajstić information content (AvgIpc) is 2.33. The molecule has 0 amide bonds. The minimum absolute atomic E-state index is 0.225. The first-order valence-corrected chi connectivity index (χ1v) is 6.76. The van der Waals surface area contributed by atoms with Gasteiger partial charge in [-0.25, -0.2) is 9.97 Å². The third-order valence-corrected chi connectivity index (χ3v) is 3.01. The standard InChI is InChI=1S/C13H21ClN4O/c1-5-6-18(8-7-17(3)4)13-11(9-19)12(14)15-10(2)16-13/h9H,5-8H2,1-4H3. The van der Waals surface area contributed by atoms with Crippen molar-refractivity contribution in [2.75, 3.05) is 38.6 Å². The Bertz CT molecular complexity index is 437. The number of aryl methyl sites for hydroxylation is 1. The number of halogens is 1. The number of nitrogens with zero attached hydrogens (tertiary/aromatic N) is 4. The van der Waals surface area contributed by atoms with Crippen LogP contribution in [0.25, 0.3) is 0 Å². The summed E-state index contributed by atoms with van der Waals surface area (Å²) in [6.45, 7) is 6.40. The Morgan fingerprint density at radius 3 is 2.42 bits per heavy atom. The smallest absolute Gasteiger partial charge is 0.156 e. The van der Waals surface area contributed by atoms with Crippen molar-refractivity contribution >= 4 is 23.7 Å². The van der Waals surface area contributed by atoms with Gasteiger partial charge in [0, 0.05) is 19.6 Å². The lowest BCUT2D eigenvalue weighted by Crippen LogP contribution is -2.34. The molecule has 0 aliphatic rings. The maximum Gasteiger partial charge on any atom is 0.156 e. The molecule has 0 spiro atoms. The van der Waals surface area contributed by atoms with Gasteiger partial charge in [0.15, 0.2) is 6.29 Å². The highest BCUT2D eigenvalue weighted by Gasteiger charge is 2.17. The summed E-state index contributed by atoms with van der Waals surface area (Å²) in [7, 11) is 4.03. The van der Waals surface area contributed by atoms with Crippen LogP contribution in [0, 0.1) is 6.92 Å². The minimum Gasteiger partial charge on any atom is -0.355 e. The molecular weight excluding hydrogens is 264 g/mol. The fourth-order valence-corrected chi connectivity index (χ4v) is 2.04. The van der Waals surface area contributed by atoms with Crippen LogP contribution in [-0.2, 0) is 0 Å². The van der Waals surface area contributed by atoms with E-state index in [2.05, 4.69) is 26.7 Å². The number of aldehydes is 1. The molecule has 106 valence electrons. The molecule has 0 aliphatic heterocycles. The fourth-order valence-electron chi connectivity index (χ4n) is 1.79. The van der Waals surface area contributed by atoms with E-state index in [0.717, 1.165) is 32.3 Å². The van der Waals surface area contributed by atoms with Crippen LogP contribution >= 0.6 is 11.6 Å². The molecule has 0 unspecified atom stereocenters. The van der Waals surface area contributed by atoms with Crippen LogP contribution in [0.5, 0.6) is 0 Å². The molecule has 0 radical (unpaired) electrons. The highest BCUT2D eigenvalue weighted by molar-refractivity contribution is 6.32. The van der Waals surface area contributed by atoms with Gasteiger partial charge in [-0.2, -0.15) is 0 Å². The summed E-state index contributed by atoms with van der Waals surface area (Å²) in [4.78, 5) is 23.8. The summed E-state index contributed by atoms with van der Waals surface area (Å²) in [5.74, 6) is 1.22. The zero-order valence-electron chi connectivity index (χ0n) is 12.0. The first-order chi connectivity index (χ1) is 8.99. The summed E-state index contributed by atoms with van der Waals surface area (Å²) < 4.78 is 0. The van der Waals surface area contributed by atoms with Gasteiger partial charge in [0.1, 0.15) is 16.8 Å². The Labute approximate surface area is 119 Å². The van der Waals surface area contributed by atoms with E-state index in [1.165, 1.54) is 0 Å².